The highest BCUT2D eigenvalue weighted by Gasteiger charge is 2.25. The minimum Gasteiger partial charge on any atom is -0.475 e. The molecule has 0 aliphatic carbocycles. The van der Waals surface area contributed by atoms with Crippen molar-refractivity contribution in [1.82, 2.24) is 15.2 Å². The largest absolute Gasteiger partial charge is 0.475 e. The summed E-state index contributed by atoms with van der Waals surface area (Å²) in [5.74, 6) is 1.76. The van der Waals surface area contributed by atoms with E-state index in [-0.39, 0.29) is 12.1 Å². The Hall–Kier alpha value is -1.78. The number of likely N-dealkylation sites (tertiary alicyclic amines) is 1. The molecule has 1 N–H and O–H groups in total. The zero-order chi connectivity index (χ0) is 16.1. The molecule has 122 valence electrons. The number of nitrogens with zero attached hydrogens (tertiary/aromatic N) is 2. The minimum atomic E-state index is 0.0147. The number of carbonyl (C=O) groups excluding carboxylic acids is 1. The van der Waals surface area contributed by atoms with Crippen LogP contribution in [-0.4, -0.2) is 35.1 Å². The van der Waals surface area contributed by atoms with E-state index in [1.165, 1.54) is 6.42 Å². The number of amides is 2. The summed E-state index contributed by atoms with van der Waals surface area (Å²) in [6.45, 7) is 10.5. The summed E-state index contributed by atoms with van der Waals surface area (Å²) >= 11 is 0. The summed E-state index contributed by atoms with van der Waals surface area (Å²) < 4.78 is 5.51. The Morgan fingerprint density at radius 1 is 1.36 bits per heavy atom. The molecule has 2 heterocycles. The van der Waals surface area contributed by atoms with E-state index in [0.717, 1.165) is 18.7 Å². The van der Waals surface area contributed by atoms with Gasteiger partial charge in [0.2, 0.25) is 5.88 Å². The van der Waals surface area contributed by atoms with Crippen molar-refractivity contribution < 1.29 is 9.53 Å². The first-order valence-corrected chi connectivity index (χ1v) is 8.08. The van der Waals surface area contributed by atoms with Gasteiger partial charge in [-0.25, -0.2) is 9.78 Å². The van der Waals surface area contributed by atoms with E-state index in [2.05, 4.69) is 24.1 Å². The average Bonchev–Trinajstić information content (AvgIpc) is 2.44. The van der Waals surface area contributed by atoms with Crippen LogP contribution in [0.25, 0.3) is 0 Å². The second kappa shape index (κ2) is 7.47. The number of urea groups is 1. The monoisotopic (exact) mass is 305 g/mol. The maximum atomic E-state index is 12.2. The highest BCUT2D eigenvalue weighted by atomic mass is 16.5. The quantitative estimate of drug-likeness (QED) is 0.930. The number of hydrogen-bond donors (Lipinski definition) is 1. The third kappa shape index (κ3) is 4.90. The van der Waals surface area contributed by atoms with Crippen LogP contribution in [0.5, 0.6) is 5.88 Å². The fraction of sp³-hybridized carbons (Fsp3) is 0.647. The zero-order valence-corrected chi connectivity index (χ0v) is 14.0. The Bertz CT molecular complexity index is 477. The van der Waals surface area contributed by atoms with Crippen molar-refractivity contribution >= 4 is 6.03 Å². The molecule has 1 saturated heterocycles. The summed E-state index contributed by atoms with van der Waals surface area (Å²) in [6, 6.07) is 3.79. The van der Waals surface area contributed by atoms with Crippen LogP contribution < -0.4 is 10.1 Å². The van der Waals surface area contributed by atoms with Gasteiger partial charge in [-0.05, 0) is 37.7 Å². The third-order valence-corrected chi connectivity index (χ3v) is 3.75. The Morgan fingerprint density at radius 3 is 2.59 bits per heavy atom. The van der Waals surface area contributed by atoms with E-state index < -0.39 is 0 Å². The molecule has 0 radical (unpaired) electrons. The van der Waals surface area contributed by atoms with Gasteiger partial charge >= 0.3 is 6.03 Å². The van der Waals surface area contributed by atoms with Crippen molar-refractivity contribution in [1.29, 1.82) is 0 Å². The molecule has 5 nitrogen and oxygen atoms in total. The molecule has 2 rings (SSSR count). The van der Waals surface area contributed by atoms with Crippen LogP contribution in [0.2, 0.25) is 0 Å². The van der Waals surface area contributed by atoms with Crippen molar-refractivity contribution in [2.45, 2.75) is 46.8 Å². The van der Waals surface area contributed by atoms with Crippen LogP contribution in [0.1, 0.15) is 39.7 Å². The van der Waals surface area contributed by atoms with Crippen molar-refractivity contribution in [2.75, 3.05) is 13.1 Å². The highest BCUT2D eigenvalue weighted by molar-refractivity contribution is 5.74. The zero-order valence-electron chi connectivity index (χ0n) is 14.0. The molecule has 0 saturated carbocycles. The van der Waals surface area contributed by atoms with Gasteiger partial charge < -0.3 is 15.0 Å². The smallest absolute Gasteiger partial charge is 0.317 e. The average molecular weight is 305 g/mol. The van der Waals surface area contributed by atoms with E-state index in [0.29, 0.717) is 24.3 Å². The SMILES string of the molecule is CC1CC(C)CN(C(=O)NCc2ccc(OC(C)C)nc2)C1. The van der Waals surface area contributed by atoms with Gasteiger partial charge in [-0.2, -0.15) is 0 Å². The van der Waals surface area contributed by atoms with Gasteiger partial charge in [-0.1, -0.05) is 19.9 Å². The van der Waals surface area contributed by atoms with Crippen molar-refractivity contribution in [3.63, 3.8) is 0 Å². The topological polar surface area (TPSA) is 54.5 Å². The molecule has 2 atom stereocenters. The lowest BCUT2D eigenvalue weighted by Gasteiger charge is -2.34. The van der Waals surface area contributed by atoms with Crippen molar-refractivity contribution in [3.8, 4) is 5.88 Å². The van der Waals surface area contributed by atoms with Gasteiger partial charge in [0.25, 0.3) is 0 Å². The summed E-state index contributed by atoms with van der Waals surface area (Å²) in [5, 5.41) is 2.98. The Morgan fingerprint density at radius 2 is 2.05 bits per heavy atom. The van der Waals surface area contributed by atoms with Gasteiger partial charge in [-0.3, -0.25) is 0 Å². The van der Waals surface area contributed by atoms with E-state index in [1.54, 1.807) is 6.20 Å². The first kappa shape index (κ1) is 16.6. The second-order valence-electron chi connectivity index (χ2n) is 6.68. The summed E-state index contributed by atoms with van der Waals surface area (Å²) in [4.78, 5) is 18.4. The van der Waals surface area contributed by atoms with Crippen LogP contribution >= 0.6 is 0 Å². The van der Waals surface area contributed by atoms with Crippen LogP contribution in [0, 0.1) is 11.8 Å². The number of nitrogens with one attached hydrogen (secondary N) is 1. The Labute approximate surface area is 133 Å². The Balaban J connectivity index is 1.83. The van der Waals surface area contributed by atoms with Gasteiger partial charge in [0, 0.05) is 31.9 Å². The highest BCUT2D eigenvalue weighted by Crippen LogP contribution is 2.20. The molecule has 1 aromatic rings. The number of aromatic nitrogens is 1. The third-order valence-electron chi connectivity index (χ3n) is 3.75. The molecule has 2 unspecified atom stereocenters. The molecule has 0 bridgehead atoms. The minimum absolute atomic E-state index is 0.0147. The maximum absolute atomic E-state index is 12.2. The van der Waals surface area contributed by atoms with Crippen molar-refractivity contribution in [2.24, 2.45) is 11.8 Å². The fourth-order valence-corrected chi connectivity index (χ4v) is 2.94. The number of rotatable bonds is 4. The molecule has 1 aliphatic heterocycles. The molecule has 22 heavy (non-hydrogen) atoms. The molecule has 2 amide bonds. The van der Waals surface area contributed by atoms with Crippen LogP contribution in [0.4, 0.5) is 4.79 Å². The Kier molecular flexibility index (Phi) is 5.63. The van der Waals surface area contributed by atoms with E-state index in [4.69, 9.17) is 4.74 Å². The standard InChI is InChI=1S/C17H27N3O2/c1-12(2)22-16-6-5-15(8-18-16)9-19-17(21)20-10-13(3)7-14(4)11-20/h5-6,8,12-14H,7,9-11H2,1-4H3,(H,19,21). The number of ether oxygens (including phenoxy) is 1. The predicted octanol–water partition coefficient (Wildman–Crippen LogP) is 3.06. The van der Waals surface area contributed by atoms with Gasteiger partial charge in [0.15, 0.2) is 0 Å². The van der Waals surface area contributed by atoms with E-state index in [9.17, 15) is 4.79 Å². The summed E-state index contributed by atoms with van der Waals surface area (Å²) in [6.07, 6.45) is 3.06. The fourth-order valence-electron chi connectivity index (χ4n) is 2.94. The first-order chi connectivity index (χ1) is 10.4. The summed E-state index contributed by atoms with van der Waals surface area (Å²) in [5.41, 5.74) is 0.975. The number of piperidine rings is 1. The lowest BCUT2D eigenvalue weighted by Crippen LogP contribution is -2.47. The maximum Gasteiger partial charge on any atom is 0.317 e. The van der Waals surface area contributed by atoms with Gasteiger partial charge in [0.05, 0.1) is 6.10 Å². The number of hydrogen-bond acceptors (Lipinski definition) is 3. The molecule has 1 fully saturated rings. The van der Waals surface area contributed by atoms with Crippen LogP contribution in [0.15, 0.2) is 18.3 Å². The van der Waals surface area contributed by atoms with E-state index in [1.807, 2.05) is 30.9 Å². The van der Waals surface area contributed by atoms with Crippen molar-refractivity contribution in [3.05, 3.63) is 23.9 Å². The molecule has 5 heteroatoms. The van der Waals surface area contributed by atoms with Gasteiger partial charge in [0.1, 0.15) is 0 Å². The predicted molar refractivity (Wildman–Crippen MR) is 86.8 cm³/mol. The molecule has 1 aromatic heterocycles. The molecular formula is C17H27N3O2. The molecule has 1 aliphatic rings. The molecule has 0 spiro atoms. The molecular weight excluding hydrogens is 278 g/mol. The summed E-state index contributed by atoms with van der Waals surface area (Å²) in [7, 11) is 0. The lowest BCUT2D eigenvalue weighted by molar-refractivity contribution is 0.146. The number of carbonyl (C=O) groups is 1. The van der Waals surface area contributed by atoms with Crippen LogP contribution in [-0.2, 0) is 6.54 Å². The van der Waals surface area contributed by atoms with Crippen LogP contribution in [0.3, 0.4) is 0 Å². The first-order valence-electron chi connectivity index (χ1n) is 8.08. The lowest BCUT2D eigenvalue weighted by atomic mass is 9.92. The normalized spacial score (nSPS) is 21.8. The number of pyridine rings is 1. The second-order valence-corrected chi connectivity index (χ2v) is 6.68. The molecule has 0 aromatic carbocycles. The van der Waals surface area contributed by atoms with E-state index >= 15 is 0 Å². The van der Waals surface area contributed by atoms with Gasteiger partial charge in [-0.15, -0.1) is 0 Å².